The lowest BCUT2D eigenvalue weighted by molar-refractivity contribution is 0.271. The molecule has 1 unspecified atom stereocenters. The second-order valence-electron chi connectivity index (χ2n) is 6.19. The summed E-state index contributed by atoms with van der Waals surface area (Å²) in [5.41, 5.74) is 3.10. The van der Waals surface area contributed by atoms with Gasteiger partial charge in [0, 0.05) is 12.6 Å². The lowest BCUT2D eigenvalue weighted by Gasteiger charge is -2.15. The smallest absolute Gasteiger partial charge is 0.119 e. The Hall–Kier alpha value is -2.31. The molecule has 2 rings (SSSR count). The van der Waals surface area contributed by atoms with E-state index in [1.807, 2.05) is 36.4 Å². The Balaban J connectivity index is 1.87. The van der Waals surface area contributed by atoms with Crippen LogP contribution in [-0.4, -0.2) is 6.61 Å². The molecule has 23 heavy (non-hydrogen) atoms. The molecule has 2 aromatic rings. The molecule has 2 aromatic carbocycles. The molecule has 0 spiro atoms. The van der Waals surface area contributed by atoms with Gasteiger partial charge in [-0.3, -0.25) is 0 Å². The van der Waals surface area contributed by atoms with Crippen molar-refractivity contribution >= 4 is 0 Å². The minimum Gasteiger partial charge on any atom is -0.493 e. The number of rotatable bonds is 7. The molecular formula is C20H24N2O. The number of hydrogen-bond donors (Lipinski definition) is 1. The van der Waals surface area contributed by atoms with Crippen LogP contribution in [0.15, 0.2) is 48.5 Å². The standard InChI is InChI=1S/C20H24N2O/c1-15(2)14-23-20-10-8-19(9-11-20)16(3)22-13-18-6-4-17(12-21)5-7-18/h4-11,15-16,22H,13-14H2,1-3H3. The first kappa shape index (κ1) is 17.1. The van der Waals surface area contributed by atoms with Crippen LogP contribution in [0.1, 0.15) is 43.5 Å². The van der Waals surface area contributed by atoms with Crippen molar-refractivity contribution in [3.8, 4) is 11.8 Å². The summed E-state index contributed by atoms with van der Waals surface area (Å²) in [6.07, 6.45) is 0. The normalized spacial score (nSPS) is 12.0. The van der Waals surface area contributed by atoms with E-state index in [9.17, 15) is 0 Å². The molecule has 120 valence electrons. The average Bonchev–Trinajstić information content (AvgIpc) is 2.58. The molecule has 0 fully saturated rings. The molecule has 0 aliphatic heterocycles. The maximum Gasteiger partial charge on any atom is 0.119 e. The predicted octanol–water partition coefficient (Wildman–Crippen LogP) is 4.44. The average molecular weight is 308 g/mol. The van der Waals surface area contributed by atoms with E-state index in [4.69, 9.17) is 10.00 Å². The molecule has 0 saturated heterocycles. The SMILES string of the molecule is CC(C)COc1ccc(C(C)NCc2ccc(C#N)cc2)cc1. The number of hydrogen-bond acceptors (Lipinski definition) is 3. The number of nitrogens with zero attached hydrogens (tertiary/aromatic N) is 1. The Morgan fingerprint density at radius 3 is 2.22 bits per heavy atom. The lowest BCUT2D eigenvalue weighted by Crippen LogP contribution is -2.18. The summed E-state index contributed by atoms with van der Waals surface area (Å²) >= 11 is 0. The number of benzene rings is 2. The molecule has 0 aromatic heterocycles. The van der Waals surface area contributed by atoms with Gasteiger partial charge < -0.3 is 10.1 Å². The zero-order valence-electron chi connectivity index (χ0n) is 14.0. The van der Waals surface area contributed by atoms with E-state index in [-0.39, 0.29) is 6.04 Å². The van der Waals surface area contributed by atoms with Crippen molar-refractivity contribution in [2.75, 3.05) is 6.61 Å². The summed E-state index contributed by atoms with van der Waals surface area (Å²) in [7, 11) is 0. The summed E-state index contributed by atoms with van der Waals surface area (Å²) < 4.78 is 5.71. The molecular weight excluding hydrogens is 284 g/mol. The van der Waals surface area contributed by atoms with Gasteiger partial charge in [0.1, 0.15) is 5.75 Å². The predicted molar refractivity (Wildman–Crippen MR) is 93.2 cm³/mol. The van der Waals surface area contributed by atoms with Crippen LogP contribution in [0.3, 0.4) is 0 Å². The molecule has 0 aliphatic carbocycles. The largest absolute Gasteiger partial charge is 0.493 e. The third-order valence-electron chi connectivity index (χ3n) is 3.66. The van der Waals surface area contributed by atoms with Crippen LogP contribution in [0.5, 0.6) is 5.75 Å². The van der Waals surface area contributed by atoms with Gasteiger partial charge in [0.25, 0.3) is 0 Å². The van der Waals surface area contributed by atoms with Gasteiger partial charge in [-0.25, -0.2) is 0 Å². The van der Waals surface area contributed by atoms with Crippen LogP contribution in [0.2, 0.25) is 0 Å². The van der Waals surface area contributed by atoms with Crippen molar-refractivity contribution in [1.82, 2.24) is 5.32 Å². The van der Waals surface area contributed by atoms with E-state index in [0.29, 0.717) is 11.5 Å². The molecule has 0 radical (unpaired) electrons. The molecule has 3 nitrogen and oxygen atoms in total. The van der Waals surface area contributed by atoms with Crippen LogP contribution in [0, 0.1) is 17.2 Å². The first-order valence-electron chi connectivity index (χ1n) is 8.03. The van der Waals surface area contributed by atoms with E-state index >= 15 is 0 Å². The minimum atomic E-state index is 0.254. The quantitative estimate of drug-likeness (QED) is 0.822. The third kappa shape index (κ3) is 5.43. The maximum atomic E-state index is 8.81. The Kier molecular flexibility index (Phi) is 6.19. The van der Waals surface area contributed by atoms with Crippen LogP contribution < -0.4 is 10.1 Å². The summed E-state index contributed by atoms with van der Waals surface area (Å²) in [5, 5.41) is 12.3. The molecule has 0 amide bonds. The summed E-state index contributed by atoms with van der Waals surface area (Å²) in [6.45, 7) is 7.95. The van der Waals surface area contributed by atoms with Gasteiger partial charge in [-0.2, -0.15) is 5.26 Å². The van der Waals surface area contributed by atoms with Gasteiger partial charge in [-0.1, -0.05) is 38.1 Å². The third-order valence-corrected chi connectivity index (χ3v) is 3.66. The molecule has 1 atom stereocenters. The van der Waals surface area contributed by atoms with Crippen molar-refractivity contribution in [3.63, 3.8) is 0 Å². The fourth-order valence-corrected chi connectivity index (χ4v) is 2.20. The Bertz CT molecular complexity index is 639. The fourth-order valence-electron chi connectivity index (χ4n) is 2.20. The van der Waals surface area contributed by atoms with E-state index in [1.165, 1.54) is 11.1 Å². The monoisotopic (exact) mass is 308 g/mol. The molecule has 1 N–H and O–H groups in total. The Morgan fingerprint density at radius 2 is 1.65 bits per heavy atom. The van der Waals surface area contributed by atoms with Crippen LogP contribution in [0.4, 0.5) is 0 Å². The van der Waals surface area contributed by atoms with Gasteiger partial charge in [0.2, 0.25) is 0 Å². The topological polar surface area (TPSA) is 45.0 Å². The second-order valence-corrected chi connectivity index (χ2v) is 6.19. The summed E-state index contributed by atoms with van der Waals surface area (Å²) in [5.74, 6) is 1.45. The highest BCUT2D eigenvalue weighted by atomic mass is 16.5. The van der Waals surface area contributed by atoms with Gasteiger partial charge in [0.05, 0.1) is 18.2 Å². The highest BCUT2D eigenvalue weighted by Gasteiger charge is 2.06. The molecule has 0 saturated carbocycles. The Labute approximate surface area is 138 Å². The van der Waals surface area contributed by atoms with Crippen molar-refractivity contribution in [2.45, 2.75) is 33.4 Å². The number of ether oxygens (including phenoxy) is 1. The minimum absolute atomic E-state index is 0.254. The first-order chi connectivity index (χ1) is 11.1. The molecule has 0 heterocycles. The summed E-state index contributed by atoms with van der Waals surface area (Å²) in [4.78, 5) is 0. The highest BCUT2D eigenvalue weighted by Crippen LogP contribution is 2.18. The number of nitriles is 1. The van der Waals surface area contributed by atoms with Crippen molar-refractivity contribution in [3.05, 3.63) is 65.2 Å². The van der Waals surface area contributed by atoms with Crippen molar-refractivity contribution in [1.29, 1.82) is 5.26 Å². The van der Waals surface area contributed by atoms with Gasteiger partial charge in [0.15, 0.2) is 0 Å². The van der Waals surface area contributed by atoms with E-state index in [0.717, 1.165) is 18.9 Å². The zero-order chi connectivity index (χ0) is 16.7. The van der Waals surface area contributed by atoms with Crippen LogP contribution >= 0.6 is 0 Å². The van der Waals surface area contributed by atoms with Gasteiger partial charge >= 0.3 is 0 Å². The zero-order valence-corrected chi connectivity index (χ0v) is 14.0. The maximum absolute atomic E-state index is 8.81. The van der Waals surface area contributed by atoms with Crippen molar-refractivity contribution in [2.24, 2.45) is 5.92 Å². The van der Waals surface area contributed by atoms with E-state index < -0.39 is 0 Å². The fraction of sp³-hybridized carbons (Fsp3) is 0.350. The first-order valence-corrected chi connectivity index (χ1v) is 8.03. The van der Waals surface area contributed by atoms with E-state index in [1.54, 1.807) is 0 Å². The van der Waals surface area contributed by atoms with Crippen LogP contribution in [0.25, 0.3) is 0 Å². The van der Waals surface area contributed by atoms with Crippen LogP contribution in [-0.2, 0) is 6.54 Å². The van der Waals surface area contributed by atoms with E-state index in [2.05, 4.69) is 44.3 Å². The summed E-state index contributed by atoms with van der Waals surface area (Å²) in [6, 6.07) is 18.3. The Morgan fingerprint density at radius 1 is 1.00 bits per heavy atom. The lowest BCUT2D eigenvalue weighted by atomic mass is 10.1. The second kappa shape index (κ2) is 8.36. The number of nitrogens with one attached hydrogen (secondary N) is 1. The molecule has 3 heteroatoms. The van der Waals surface area contributed by atoms with Gasteiger partial charge in [-0.15, -0.1) is 0 Å². The molecule has 0 bridgehead atoms. The molecule has 0 aliphatic rings. The van der Waals surface area contributed by atoms with Gasteiger partial charge in [-0.05, 0) is 48.2 Å². The highest BCUT2D eigenvalue weighted by molar-refractivity contribution is 5.32. The van der Waals surface area contributed by atoms with Crippen molar-refractivity contribution < 1.29 is 4.74 Å².